The fraction of sp³-hybridized carbons (Fsp3) is 0.250. The molecule has 0 unspecified atom stereocenters. The Balaban J connectivity index is 1.76. The molecule has 0 bridgehead atoms. The lowest BCUT2D eigenvalue weighted by Gasteiger charge is -2.08. The largest absolute Gasteiger partial charge is 0.492 e. The third-order valence-corrected chi connectivity index (χ3v) is 5.16. The Morgan fingerprint density at radius 3 is 2.32 bits per heavy atom. The normalized spacial score (nSPS) is 10.8. The van der Waals surface area contributed by atoms with Crippen molar-refractivity contribution >= 4 is 17.2 Å². The van der Waals surface area contributed by atoms with E-state index in [-0.39, 0.29) is 11.6 Å². The second-order valence-electron chi connectivity index (χ2n) is 5.97. The first kappa shape index (κ1) is 17.3. The van der Waals surface area contributed by atoms with Gasteiger partial charge in [-0.15, -0.1) is 0 Å². The molecule has 4 nitrogen and oxygen atoms in total. The number of aromatic nitrogens is 1. The van der Waals surface area contributed by atoms with E-state index in [0.717, 1.165) is 16.2 Å². The van der Waals surface area contributed by atoms with Gasteiger partial charge >= 0.3 is 0 Å². The molecule has 0 saturated carbocycles. The van der Waals surface area contributed by atoms with Gasteiger partial charge in [-0.1, -0.05) is 60.1 Å². The summed E-state index contributed by atoms with van der Waals surface area (Å²) < 4.78 is 7.51. The van der Waals surface area contributed by atoms with Gasteiger partial charge in [0.15, 0.2) is 0 Å². The molecule has 0 atom stereocenters. The van der Waals surface area contributed by atoms with Crippen LogP contribution in [-0.4, -0.2) is 17.1 Å². The van der Waals surface area contributed by atoms with Crippen molar-refractivity contribution in [1.82, 2.24) is 3.96 Å². The van der Waals surface area contributed by atoms with Crippen LogP contribution in [0.4, 0.5) is 5.69 Å². The molecule has 1 aromatic heterocycles. The molecular formula is C20H22N2O2S. The van der Waals surface area contributed by atoms with Gasteiger partial charge in [0, 0.05) is 12.6 Å². The number of anilines is 1. The Morgan fingerprint density at radius 2 is 1.68 bits per heavy atom. The van der Waals surface area contributed by atoms with Gasteiger partial charge in [0.05, 0.1) is 4.88 Å². The summed E-state index contributed by atoms with van der Waals surface area (Å²) >= 11 is 1.50. The van der Waals surface area contributed by atoms with E-state index in [2.05, 4.69) is 5.32 Å². The number of ether oxygens (including phenoxy) is 1. The number of hydrogen-bond donors (Lipinski definition) is 1. The number of hydrogen-bond acceptors (Lipinski definition) is 4. The maximum absolute atomic E-state index is 12.7. The summed E-state index contributed by atoms with van der Waals surface area (Å²) in [6, 6.07) is 19.8. The molecule has 1 N–H and O–H groups in total. The van der Waals surface area contributed by atoms with E-state index in [1.807, 2.05) is 78.5 Å². The molecule has 130 valence electrons. The van der Waals surface area contributed by atoms with Crippen molar-refractivity contribution in [1.29, 1.82) is 0 Å². The summed E-state index contributed by atoms with van der Waals surface area (Å²) in [6.45, 7) is 5.11. The van der Waals surface area contributed by atoms with E-state index in [0.29, 0.717) is 18.8 Å². The molecule has 0 saturated heterocycles. The molecule has 0 spiro atoms. The standard InChI is InChI=1S/C20H22N2O2S/c1-15(2)22-20(23)18(19(25-22)16-9-5-3-6-10-16)21-13-14-24-17-11-7-4-8-12-17/h3-12,15,21H,13-14H2,1-2H3. The summed E-state index contributed by atoms with van der Waals surface area (Å²) in [4.78, 5) is 13.7. The highest BCUT2D eigenvalue weighted by atomic mass is 32.1. The van der Waals surface area contributed by atoms with Crippen LogP contribution in [0.1, 0.15) is 19.9 Å². The predicted molar refractivity (Wildman–Crippen MR) is 105 cm³/mol. The summed E-state index contributed by atoms with van der Waals surface area (Å²) in [5.74, 6) is 0.831. The van der Waals surface area contributed by atoms with E-state index < -0.39 is 0 Å². The Hall–Kier alpha value is -2.53. The molecule has 3 aromatic rings. The fourth-order valence-corrected chi connectivity index (χ4v) is 3.61. The smallest absolute Gasteiger partial charge is 0.284 e. The van der Waals surface area contributed by atoms with Crippen molar-refractivity contribution in [2.24, 2.45) is 0 Å². The fourth-order valence-electron chi connectivity index (χ4n) is 2.54. The Kier molecular flexibility index (Phi) is 5.56. The lowest BCUT2D eigenvalue weighted by molar-refractivity contribution is 0.333. The van der Waals surface area contributed by atoms with Crippen molar-refractivity contribution in [3.05, 3.63) is 71.0 Å². The minimum atomic E-state index is 0.0264. The number of para-hydroxylation sites is 1. The van der Waals surface area contributed by atoms with Crippen LogP contribution in [0.2, 0.25) is 0 Å². The highest BCUT2D eigenvalue weighted by Crippen LogP contribution is 2.31. The third kappa shape index (κ3) is 4.12. The molecule has 3 rings (SSSR count). The lowest BCUT2D eigenvalue weighted by atomic mass is 10.2. The van der Waals surface area contributed by atoms with E-state index in [9.17, 15) is 4.79 Å². The number of benzene rings is 2. The number of rotatable bonds is 7. The van der Waals surface area contributed by atoms with Gasteiger partial charge in [-0.3, -0.25) is 8.75 Å². The minimum absolute atomic E-state index is 0.0264. The van der Waals surface area contributed by atoms with Crippen LogP contribution in [0, 0.1) is 0 Å². The maximum Gasteiger partial charge on any atom is 0.284 e. The van der Waals surface area contributed by atoms with Crippen LogP contribution < -0.4 is 15.6 Å². The molecule has 0 aliphatic carbocycles. The Morgan fingerprint density at radius 1 is 1.04 bits per heavy atom. The number of nitrogens with zero attached hydrogens (tertiary/aromatic N) is 1. The molecule has 0 fully saturated rings. The van der Waals surface area contributed by atoms with Crippen LogP contribution in [-0.2, 0) is 0 Å². The molecule has 5 heteroatoms. The van der Waals surface area contributed by atoms with Crippen molar-refractivity contribution in [2.75, 3.05) is 18.5 Å². The highest BCUT2D eigenvalue weighted by Gasteiger charge is 2.17. The van der Waals surface area contributed by atoms with Crippen molar-refractivity contribution < 1.29 is 4.74 Å². The van der Waals surface area contributed by atoms with Crippen molar-refractivity contribution in [3.8, 4) is 16.2 Å². The summed E-state index contributed by atoms with van der Waals surface area (Å²) in [5, 5.41) is 3.28. The van der Waals surface area contributed by atoms with Crippen molar-refractivity contribution in [3.63, 3.8) is 0 Å². The average Bonchev–Trinajstić information content (AvgIpc) is 2.97. The molecule has 25 heavy (non-hydrogen) atoms. The van der Waals surface area contributed by atoms with Gasteiger partial charge in [0.1, 0.15) is 18.0 Å². The first-order valence-electron chi connectivity index (χ1n) is 8.40. The summed E-state index contributed by atoms with van der Waals surface area (Å²) in [7, 11) is 0. The molecular weight excluding hydrogens is 332 g/mol. The third-order valence-electron chi connectivity index (χ3n) is 3.75. The Labute approximate surface area is 151 Å². The monoisotopic (exact) mass is 354 g/mol. The average molecular weight is 354 g/mol. The number of nitrogens with one attached hydrogen (secondary N) is 1. The van der Waals surface area contributed by atoms with Gasteiger partial charge in [0.25, 0.3) is 5.56 Å². The van der Waals surface area contributed by atoms with Gasteiger partial charge in [0.2, 0.25) is 0 Å². The van der Waals surface area contributed by atoms with Gasteiger partial charge < -0.3 is 10.1 Å². The van der Waals surface area contributed by atoms with E-state index in [1.165, 1.54) is 11.5 Å². The van der Waals surface area contributed by atoms with E-state index in [4.69, 9.17) is 4.74 Å². The first-order chi connectivity index (χ1) is 12.2. The van der Waals surface area contributed by atoms with Crippen LogP contribution in [0.3, 0.4) is 0 Å². The highest BCUT2D eigenvalue weighted by molar-refractivity contribution is 7.11. The Bertz CT molecular complexity index is 854. The lowest BCUT2D eigenvalue weighted by Crippen LogP contribution is -2.21. The minimum Gasteiger partial charge on any atom is -0.492 e. The maximum atomic E-state index is 12.7. The van der Waals surface area contributed by atoms with Crippen LogP contribution in [0.25, 0.3) is 10.4 Å². The zero-order valence-electron chi connectivity index (χ0n) is 14.4. The molecule has 0 aliphatic rings. The van der Waals surface area contributed by atoms with Gasteiger partial charge in [-0.05, 0) is 31.5 Å². The topological polar surface area (TPSA) is 43.3 Å². The summed E-state index contributed by atoms with van der Waals surface area (Å²) in [6.07, 6.45) is 0. The second-order valence-corrected chi connectivity index (χ2v) is 6.96. The van der Waals surface area contributed by atoms with Crippen LogP contribution in [0.5, 0.6) is 5.75 Å². The molecule has 0 amide bonds. The van der Waals surface area contributed by atoms with Crippen LogP contribution in [0.15, 0.2) is 65.5 Å². The van der Waals surface area contributed by atoms with Crippen LogP contribution >= 0.6 is 11.5 Å². The second kappa shape index (κ2) is 8.03. The van der Waals surface area contributed by atoms with E-state index >= 15 is 0 Å². The quantitative estimate of drug-likeness (QED) is 0.628. The molecule has 0 aliphatic heterocycles. The SMILES string of the molecule is CC(C)n1sc(-c2ccccc2)c(NCCOc2ccccc2)c1=O. The first-order valence-corrected chi connectivity index (χ1v) is 9.17. The zero-order chi connectivity index (χ0) is 17.6. The summed E-state index contributed by atoms with van der Waals surface area (Å²) in [5.41, 5.74) is 1.73. The predicted octanol–water partition coefficient (Wildman–Crippen LogP) is 4.65. The zero-order valence-corrected chi connectivity index (χ0v) is 15.3. The van der Waals surface area contributed by atoms with Gasteiger partial charge in [-0.2, -0.15) is 0 Å². The molecule has 2 aromatic carbocycles. The van der Waals surface area contributed by atoms with Gasteiger partial charge in [-0.25, -0.2) is 0 Å². The molecule has 1 heterocycles. The molecule has 0 radical (unpaired) electrons. The van der Waals surface area contributed by atoms with E-state index in [1.54, 1.807) is 0 Å². The van der Waals surface area contributed by atoms with Crippen molar-refractivity contribution in [2.45, 2.75) is 19.9 Å².